The summed E-state index contributed by atoms with van der Waals surface area (Å²) in [5, 5.41) is 2.65. The van der Waals surface area contributed by atoms with Crippen LogP contribution in [0.1, 0.15) is 5.56 Å². The van der Waals surface area contributed by atoms with Gasteiger partial charge in [-0.3, -0.25) is 14.5 Å². The minimum atomic E-state index is -3.43. The Morgan fingerprint density at radius 3 is 2.50 bits per heavy atom. The van der Waals surface area contributed by atoms with E-state index in [1.807, 2.05) is 30.3 Å². The minimum Gasteiger partial charge on any atom is -0.358 e. The number of benzene rings is 1. The van der Waals surface area contributed by atoms with E-state index in [0.717, 1.165) is 12.7 Å². The molecule has 0 spiro atoms. The number of carbonyl (C=O) groups is 2. The Labute approximate surface area is 154 Å². The van der Waals surface area contributed by atoms with Crippen LogP contribution in [0.15, 0.2) is 30.3 Å². The van der Waals surface area contributed by atoms with E-state index in [4.69, 9.17) is 0 Å². The topological polar surface area (TPSA) is 98.8 Å². The molecule has 1 aromatic rings. The van der Waals surface area contributed by atoms with Crippen LogP contribution >= 0.6 is 0 Å². The lowest BCUT2D eigenvalue weighted by Crippen LogP contribution is -2.60. The van der Waals surface area contributed by atoms with Gasteiger partial charge in [0.2, 0.25) is 21.8 Å². The fraction of sp³-hybridized carbons (Fsp3) is 0.529. The summed E-state index contributed by atoms with van der Waals surface area (Å²) in [6, 6.07) is 9.58. The molecular weight excluding hydrogens is 356 g/mol. The van der Waals surface area contributed by atoms with Crippen LogP contribution < -0.4 is 10.0 Å². The average molecular weight is 382 g/mol. The molecule has 1 aliphatic rings. The molecule has 0 aromatic heterocycles. The van der Waals surface area contributed by atoms with Gasteiger partial charge in [-0.15, -0.1) is 0 Å². The Morgan fingerprint density at radius 1 is 1.19 bits per heavy atom. The third-order valence-electron chi connectivity index (χ3n) is 4.41. The van der Waals surface area contributed by atoms with Gasteiger partial charge in [0.25, 0.3) is 0 Å². The maximum Gasteiger partial charge on any atom is 0.238 e. The van der Waals surface area contributed by atoms with E-state index in [2.05, 4.69) is 14.9 Å². The highest BCUT2D eigenvalue weighted by Gasteiger charge is 2.33. The number of piperazine rings is 1. The predicted octanol–water partition coefficient (Wildman–Crippen LogP) is -0.963. The van der Waals surface area contributed by atoms with E-state index in [1.54, 1.807) is 7.05 Å². The summed E-state index contributed by atoms with van der Waals surface area (Å²) in [5.41, 5.74) is 1.19. The van der Waals surface area contributed by atoms with Crippen LogP contribution in [-0.4, -0.2) is 82.1 Å². The maximum atomic E-state index is 12.3. The first-order chi connectivity index (χ1) is 12.3. The molecule has 1 fully saturated rings. The number of hydrogen-bond acceptors (Lipinski definition) is 5. The molecule has 2 amide bonds. The molecular formula is C17H26N4O4S. The number of hydrogen-bond donors (Lipinski definition) is 2. The van der Waals surface area contributed by atoms with Crippen LogP contribution in [0.25, 0.3) is 0 Å². The zero-order valence-electron chi connectivity index (χ0n) is 15.1. The molecule has 2 rings (SSSR count). The monoisotopic (exact) mass is 382 g/mol. The highest BCUT2D eigenvalue weighted by atomic mass is 32.2. The van der Waals surface area contributed by atoms with Gasteiger partial charge < -0.3 is 10.2 Å². The molecule has 1 atom stereocenters. The molecule has 1 saturated heterocycles. The molecule has 1 aromatic carbocycles. The van der Waals surface area contributed by atoms with Crippen LogP contribution in [0.2, 0.25) is 0 Å². The number of amides is 2. The number of rotatable bonds is 7. The van der Waals surface area contributed by atoms with Crippen molar-refractivity contribution in [1.29, 1.82) is 0 Å². The lowest BCUT2D eigenvalue weighted by Gasteiger charge is -2.40. The predicted molar refractivity (Wildman–Crippen MR) is 99.0 cm³/mol. The highest BCUT2D eigenvalue weighted by Crippen LogP contribution is 2.12. The van der Waals surface area contributed by atoms with Crippen LogP contribution in [-0.2, 0) is 26.0 Å². The van der Waals surface area contributed by atoms with E-state index < -0.39 is 16.1 Å². The molecule has 9 heteroatoms. The summed E-state index contributed by atoms with van der Waals surface area (Å²) >= 11 is 0. The summed E-state index contributed by atoms with van der Waals surface area (Å²) in [7, 11) is -1.86. The molecule has 0 bridgehead atoms. The quantitative estimate of drug-likeness (QED) is 0.633. The van der Waals surface area contributed by atoms with Crippen LogP contribution in [0.3, 0.4) is 0 Å². The van der Waals surface area contributed by atoms with Gasteiger partial charge in [0.15, 0.2) is 0 Å². The van der Waals surface area contributed by atoms with Gasteiger partial charge in [-0.1, -0.05) is 30.3 Å². The second-order valence-electron chi connectivity index (χ2n) is 6.33. The summed E-state index contributed by atoms with van der Waals surface area (Å²) in [4.78, 5) is 28.1. The molecule has 0 saturated carbocycles. The first-order valence-electron chi connectivity index (χ1n) is 8.52. The average Bonchev–Trinajstić information content (AvgIpc) is 2.64. The molecule has 144 valence electrons. The van der Waals surface area contributed by atoms with Crippen molar-refractivity contribution in [2.75, 3.05) is 46.0 Å². The number of likely N-dealkylation sites (N-methyl/N-ethyl adjacent to an activating group) is 1. The van der Waals surface area contributed by atoms with Gasteiger partial charge >= 0.3 is 0 Å². The number of sulfonamides is 1. The second-order valence-corrected chi connectivity index (χ2v) is 8.17. The Bertz CT molecular complexity index is 724. The van der Waals surface area contributed by atoms with Crippen molar-refractivity contribution >= 4 is 21.8 Å². The van der Waals surface area contributed by atoms with Gasteiger partial charge in [-0.25, -0.2) is 13.1 Å². The van der Waals surface area contributed by atoms with Crippen LogP contribution in [0, 0.1) is 0 Å². The van der Waals surface area contributed by atoms with Crippen molar-refractivity contribution in [3.8, 4) is 0 Å². The van der Waals surface area contributed by atoms with Crippen molar-refractivity contribution in [2.45, 2.75) is 12.5 Å². The van der Waals surface area contributed by atoms with Crippen LogP contribution in [0.4, 0.5) is 0 Å². The number of nitrogens with zero attached hydrogens (tertiary/aromatic N) is 2. The molecule has 0 radical (unpaired) electrons. The van der Waals surface area contributed by atoms with Gasteiger partial charge in [0.05, 0.1) is 12.8 Å². The summed E-state index contributed by atoms with van der Waals surface area (Å²) in [5.74, 6) is -0.473. The summed E-state index contributed by atoms with van der Waals surface area (Å²) in [6.07, 6.45) is 1.83. The molecule has 0 unspecified atom stereocenters. The fourth-order valence-corrected chi connectivity index (χ4v) is 3.34. The van der Waals surface area contributed by atoms with Gasteiger partial charge in [-0.2, -0.15) is 0 Å². The third kappa shape index (κ3) is 6.08. The first kappa shape index (κ1) is 20.3. The van der Waals surface area contributed by atoms with E-state index in [1.165, 1.54) is 10.5 Å². The lowest BCUT2D eigenvalue weighted by molar-refractivity contribution is -0.137. The van der Waals surface area contributed by atoms with Crippen molar-refractivity contribution in [2.24, 2.45) is 0 Å². The van der Waals surface area contributed by atoms with E-state index in [9.17, 15) is 18.0 Å². The Morgan fingerprint density at radius 2 is 1.88 bits per heavy atom. The van der Waals surface area contributed by atoms with Crippen molar-refractivity contribution in [1.82, 2.24) is 19.8 Å². The first-order valence-corrected chi connectivity index (χ1v) is 10.4. The minimum absolute atomic E-state index is 0.147. The molecule has 0 aliphatic carbocycles. The standard InChI is InChI=1S/C17H26N4O4S/c1-18-17(23)15-13-21(16(22)12-19-26(2,24)25)11-10-20(15)9-8-14-6-4-3-5-7-14/h3-7,15,19H,8-13H2,1-2H3,(H,18,23)/t15-/m0/s1. The molecule has 26 heavy (non-hydrogen) atoms. The Balaban J connectivity index is 1.97. The SMILES string of the molecule is CNC(=O)[C@@H]1CN(C(=O)CNS(C)(=O)=O)CCN1CCc1ccccc1. The normalized spacial score (nSPS) is 18.5. The maximum absolute atomic E-state index is 12.3. The van der Waals surface area contributed by atoms with Gasteiger partial charge in [0, 0.05) is 33.2 Å². The zero-order valence-corrected chi connectivity index (χ0v) is 16.0. The second kappa shape index (κ2) is 9.11. The fourth-order valence-electron chi connectivity index (χ4n) is 2.95. The summed E-state index contributed by atoms with van der Waals surface area (Å²) < 4.78 is 24.5. The zero-order chi connectivity index (χ0) is 19.2. The van der Waals surface area contributed by atoms with Crippen molar-refractivity contribution in [3.63, 3.8) is 0 Å². The molecule has 2 N–H and O–H groups in total. The lowest BCUT2D eigenvalue weighted by atomic mass is 10.1. The Kier molecular flexibility index (Phi) is 7.13. The molecule has 8 nitrogen and oxygen atoms in total. The van der Waals surface area contributed by atoms with E-state index in [-0.39, 0.29) is 24.9 Å². The number of carbonyl (C=O) groups excluding carboxylic acids is 2. The molecule has 1 aliphatic heterocycles. The van der Waals surface area contributed by atoms with E-state index >= 15 is 0 Å². The van der Waals surface area contributed by atoms with Crippen molar-refractivity contribution in [3.05, 3.63) is 35.9 Å². The Hall–Kier alpha value is -1.97. The largest absolute Gasteiger partial charge is 0.358 e. The van der Waals surface area contributed by atoms with Gasteiger partial charge in [-0.05, 0) is 12.0 Å². The number of nitrogens with one attached hydrogen (secondary N) is 2. The smallest absolute Gasteiger partial charge is 0.238 e. The van der Waals surface area contributed by atoms with Crippen molar-refractivity contribution < 1.29 is 18.0 Å². The molecule has 1 heterocycles. The van der Waals surface area contributed by atoms with Gasteiger partial charge in [0.1, 0.15) is 6.04 Å². The van der Waals surface area contributed by atoms with Crippen LogP contribution in [0.5, 0.6) is 0 Å². The van der Waals surface area contributed by atoms with E-state index in [0.29, 0.717) is 19.6 Å². The summed E-state index contributed by atoms with van der Waals surface area (Å²) in [6.45, 7) is 1.70. The third-order valence-corrected chi connectivity index (χ3v) is 5.08. The highest BCUT2D eigenvalue weighted by molar-refractivity contribution is 7.88.